The van der Waals surface area contributed by atoms with Gasteiger partial charge in [0.1, 0.15) is 5.75 Å². The summed E-state index contributed by atoms with van der Waals surface area (Å²) in [6.07, 6.45) is 1.46. The zero-order chi connectivity index (χ0) is 14.0. The molecule has 0 spiro atoms. The van der Waals surface area contributed by atoms with Crippen LogP contribution in [-0.4, -0.2) is 16.1 Å². The Labute approximate surface area is 123 Å². The second-order valence-electron chi connectivity index (χ2n) is 3.78. The lowest BCUT2D eigenvalue weighted by molar-refractivity contribution is 0.0695. The van der Waals surface area contributed by atoms with E-state index in [-0.39, 0.29) is 5.56 Å². The van der Waals surface area contributed by atoms with E-state index in [0.29, 0.717) is 26.7 Å². The quantitative estimate of drug-likeness (QED) is 0.903. The molecule has 0 aliphatic rings. The minimum atomic E-state index is -0.994. The van der Waals surface area contributed by atoms with Crippen LogP contribution in [0.2, 0.25) is 5.02 Å². The van der Waals surface area contributed by atoms with Crippen molar-refractivity contribution in [3.8, 4) is 11.6 Å². The van der Waals surface area contributed by atoms with E-state index >= 15 is 0 Å². The summed E-state index contributed by atoms with van der Waals surface area (Å²) in [6.45, 7) is 1.68. The molecule has 4 nitrogen and oxygen atoms in total. The molecule has 0 fully saturated rings. The number of aromatic carboxylic acids is 1. The molecule has 2 rings (SSSR count). The smallest absolute Gasteiger partial charge is 0.336 e. The molecule has 0 amide bonds. The summed E-state index contributed by atoms with van der Waals surface area (Å²) in [6, 6.07) is 6.48. The first-order valence-electron chi connectivity index (χ1n) is 5.31. The Hall–Kier alpha value is -1.59. The molecule has 0 bridgehead atoms. The number of aromatic nitrogens is 1. The first-order chi connectivity index (χ1) is 8.99. The average Bonchev–Trinajstić information content (AvgIpc) is 2.34. The summed E-state index contributed by atoms with van der Waals surface area (Å²) in [5, 5.41) is 9.53. The Morgan fingerprint density at radius 3 is 2.84 bits per heavy atom. The Kier molecular flexibility index (Phi) is 4.07. The Bertz CT molecular complexity index is 646. The first kappa shape index (κ1) is 13.8. The number of ether oxygens (including phenoxy) is 1. The molecule has 2 aromatic rings. The minimum absolute atomic E-state index is 0.197. The summed E-state index contributed by atoms with van der Waals surface area (Å²) in [4.78, 5) is 15.1. The molecule has 0 saturated carbocycles. The maximum atomic E-state index is 11.0. The highest BCUT2D eigenvalue weighted by molar-refractivity contribution is 9.10. The van der Waals surface area contributed by atoms with E-state index in [1.807, 2.05) is 0 Å². The van der Waals surface area contributed by atoms with Crippen LogP contribution in [0.25, 0.3) is 0 Å². The standard InChI is InChI=1S/C13H9BrClNO3/c1-7-9(13(17)18)3-2-4-11(7)19-12-10(14)5-8(15)6-16-12/h2-6H,1H3,(H,17,18). The average molecular weight is 343 g/mol. The molecular weight excluding hydrogens is 334 g/mol. The first-order valence-corrected chi connectivity index (χ1v) is 6.48. The van der Waals surface area contributed by atoms with Crippen molar-refractivity contribution in [2.45, 2.75) is 6.92 Å². The third-order valence-electron chi connectivity index (χ3n) is 2.50. The van der Waals surface area contributed by atoms with Gasteiger partial charge in [0.2, 0.25) is 5.88 Å². The molecule has 0 aliphatic heterocycles. The van der Waals surface area contributed by atoms with Crippen molar-refractivity contribution in [1.29, 1.82) is 0 Å². The Morgan fingerprint density at radius 2 is 2.21 bits per heavy atom. The number of halogens is 2. The number of hydrogen-bond acceptors (Lipinski definition) is 3. The molecule has 6 heteroatoms. The van der Waals surface area contributed by atoms with Gasteiger partial charge < -0.3 is 9.84 Å². The molecule has 1 heterocycles. The van der Waals surface area contributed by atoms with Crippen molar-refractivity contribution in [2.75, 3.05) is 0 Å². The predicted octanol–water partition coefficient (Wildman–Crippen LogP) is 4.30. The van der Waals surface area contributed by atoms with Gasteiger partial charge in [0.25, 0.3) is 0 Å². The lowest BCUT2D eigenvalue weighted by Gasteiger charge is -2.10. The van der Waals surface area contributed by atoms with Crippen LogP contribution < -0.4 is 4.74 Å². The highest BCUT2D eigenvalue weighted by atomic mass is 79.9. The lowest BCUT2D eigenvalue weighted by Crippen LogP contribution is -2.01. The zero-order valence-corrected chi connectivity index (χ0v) is 12.2. The number of benzene rings is 1. The SMILES string of the molecule is Cc1c(Oc2ncc(Cl)cc2Br)cccc1C(=O)O. The summed E-state index contributed by atoms with van der Waals surface area (Å²) < 4.78 is 6.20. The summed E-state index contributed by atoms with van der Waals surface area (Å²) >= 11 is 9.08. The van der Waals surface area contributed by atoms with Crippen LogP contribution in [0, 0.1) is 6.92 Å². The van der Waals surface area contributed by atoms with Gasteiger partial charge in [-0.1, -0.05) is 17.7 Å². The van der Waals surface area contributed by atoms with E-state index in [2.05, 4.69) is 20.9 Å². The van der Waals surface area contributed by atoms with Crippen molar-refractivity contribution in [3.05, 3.63) is 51.1 Å². The second kappa shape index (κ2) is 5.59. The van der Waals surface area contributed by atoms with E-state index in [9.17, 15) is 4.79 Å². The van der Waals surface area contributed by atoms with Crippen LogP contribution in [-0.2, 0) is 0 Å². The van der Waals surface area contributed by atoms with Crippen molar-refractivity contribution < 1.29 is 14.6 Å². The summed E-state index contributed by atoms with van der Waals surface area (Å²) in [5.41, 5.74) is 0.737. The van der Waals surface area contributed by atoms with Crippen LogP contribution in [0.3, 0.4) is 0 Å². The van der Waals surface area contributed by atoms with Crippen molar-refractivity contribution >= 4 is 33.5 Å². The van der Waals surface area contributed by atoms with Crippen molar-refractivity contribution in [2.24, 2.45) is 0 Å². The number of nitrogens with zero attached hydrogens (tertiary/aromatic N) is 1. The van der Waals surface area contributed by atoms with Crippen LogP contribution >= 0.6 is 27.5 Å². The number of pyridine rings is 1. The van der Waals surface area contributed by atoms with Gasteiger partial charge in [0, 0.05) is 11.8 Å². The maximum Gasteiger partial charge on any atom is 0.336 e. The van der Waals surface area contributed by atoms with E-state index in [1.54, 1.807) is 25.1 Å². The second-order valence-corrected chi connectivity index (χ2v) is 5.07. The van der Waals surface area contributed by atoms with Crippen LogP contribution in [0.15, 0.2) is 34.9 Å². The van der Waals surface area contributed by atoms with E-state index in [4.69, 9.17) is 21.4 Å². The van der Waals surface area contributed by atoms with Gasteiger partial charge in [-0.05, 0) is 41.1 Å². The highest BCUT2D eigenvalue weighted by Crippen LogP contribution is 2.31. The van der Waals surface area contributed by atoms with Crippen LogP contribution in [0.5, 0.6) is 11.6 Å². The number of carboxylic acid groups (broad SMARTS) is 1. The third kappa shape index (κ3) is 3.05. The Balaban J connectivity index is 2.38. The van der Waals surface area contributed by atoms with Gasteiger partial charge in [-0.3, -0.25) is 0 Å². The molecule has 19 heavy (non-hydrogen) atoms. The maximum absolute atomic E-state index is 11.0. The topological polar surface area (TPSA) is 59.4 Å². The zero-order valence-electron chi connectivity index (χ0n) is 9.85. The van der Waals surface area contributed by atoms with E-state index in [0.717, 1.165) is 0 Å². The molecule has 0 saturated heterocycles. The molecule has 0 unspecified atom stereocenters. The fourth-order valence-corrected chi connectivity index (χ4v) is 2.26. The minimum Gasteiger partial charge on any atom is -0.478 e. The molecule has 0 atom stereocenters. The predicted molar refractivity (Wildman–Crippen MR) is 75.2 cm³/mol. The highest BCUT2D eigenvalue weighted by Gasteiger charge is 2.13. The molecule has 0 radical (unpaired) electrons. The van der Waals surface area contributed by atoms with E-state index in [1.165, 1.54) is 12.3 Å². The van der Waals surface area contributed by atoms with Crippen LogP contribution in [0.1, 0.15) is 15.9 Å². The van der Waals surface area contributed by atoms with Crippen LogP contribution in [0.4, 0.5) is 0 Å². The normalized spacial score (nSPS) is 10.3. The number of hydrogen-bond donors (Lipinski definition) is 1. The monoisotopic (exact) mass is 341 g/mol. The largest absolute Gasteiger partial charge is 0.478 e. The number of rotatable bonds is 3. The van der Waals surface area contributed by atoms with Gasteiger partial charge in [0.05, 0.1) is 15.1 Å². The summed E-state index contributed by atoms with van der Waals surface area (Å²) in [7, 11) is 0. The lowest BCUT2D eigenvalue weighted by atomic mass is 10.1. The van der Waals surface area contributed by atoms with Gasteiger partial charge in [-0.2, -0.15) is 0 Å². The molecule has 98 valence electrons. The molecule has 0 aliphatic carbocycles. The van der Waals surface area contributed by atoms with Gasteiger partial charge >= 0.3 is 5.97 Å². The fourth-order valence-electron chi connectivity index (χ4n) is 1.54. The van der Waals surface area contributed by atoms with Gasteiger partial charge in [-0.15, -0.1) is 0 Å². The number of carboxylic acids is 1. The summed E-state index contributed by atoms with van der Waals surface area (Å²) in [5.74, 6) is -0.225. The third-order valence-corrected chi connectivity index (χ3v) is 3.27. The molecule has 1 N–H and O–H groups in total. The molecular formula is C13H9BrClNO3. The molecule has 1 aromatic carbocycles. The van der Waals surface area contributed by atoms with E-state index < -0.39 is 5.97 Å². The van der Waals surface area contributed by atoms with Gasteiger partial charge in [-0.25, -0.2) is 9.78 Å². The van der Waals surface area contributed by atoms with Crippen molar-refractivity contribution in [3.63, 3.8) is 0 Å². The fraction of sp³-hybridized carbons (Fsp3) is 0.0769. The van der Waals surface area contributed by atoms with Gasteiger partial charge in [0.15, 0.2) is 0 Å². The number of carbonyl (C=O) groups is 1. The molecule has 1 aromatic heterocycles. The van der Waals surface area contributed by atoms with Crippen molar-refractivity contribution in [1.82, 2.24) is 4.98 Å². The Morgan fingerprint density at radius 1 is 1.47 bits per heavy atom.